The third-order valence-electron chi connectivity index (χ3n) is 3.86. The van der Waals surface area contributed by atoms with Crippen molar-refractivity contribution in [2.75, 3.05) is 17.2 Å². The number of hydrogen-bond donors (Lipinski definition) is 4. The lowest BCUT2D eigenvalue weighted by Crippen LogP contribution is -2.22. The summed E-state index contributed by atoms with van der Waals surface area (Å²) in [6.45, 7) is 2.81. The van der Waals surface area contributed by atoms with Crippen LogP contribution in [0.1, 0.15) is 19.8 Å². The Hall–Kier alpha value is -3.16. The van der Waals surface area contributed by atoms with E-state index in [2.05, 4.69) is 17.6 Å². The molecule has 8 heteroatoms. The molecule has 25 heavy (non-hydrogen) atoms. The predicted molar refractivity (Wildman–Crippen MR) is 93.8 cm³/mol. The van der Waals surface area contributed by atoms with E-state index < -0.39 is 0 Å². The molecule has 2 rings (SSSR count). The number of rotatable bonds is 9. The van der Waals surface area contributed by atoms with Gasteiger partial charge < -0.3 is 10.6 Å². The molecule has 2 aromatic carbocycles. The van der Waals surface area contributed by atoms with Gasteiger partial charge in [-0.2, -0.15) is 0 Å². The second-order valence-corrected chi connectivity index (χ2v) is 5.60. The number of hydrogen-bond acceptors (Lipinski definition) is 4. The lowest BCUT2D eigenvalue weighted by molar-refractivity contribution is -0.729. The highest BCUT2D eigenvalue weighted by molar-refractivity contribution is 5.50. The van der Waals surface area contributed by atoms with Gasteiger partial charge in [0.25, 0.3) is 9.85 Å². The van der Waals surface area contributed by atoms with Crippen LogP contribution >= 0.6 is 0 Å². The molecule has 1 atom stereocenters. The van der Waals surface area contributed by atoms with Crippen LogP contribution in [0.3, 0.4) is 0 Å². The Balaban J connectivity index is 1.83. The summed E-state index contributed by atoms with van der Waals surface area (Å²) in [7, 11) is 0. The Morgan fingerprint density at radius 2 is 1.36 bits per heavy atom. The van der Waals surface area contributed by atoms with E-state index in [1.807, 2.05) is 0 Å². The molecule has 0 radical (unpaired) electrons. The molecular weight excluding hydrogens is 324 g/mol. The highest BCUT2D eigenvalue weighted by atomic mass is 16.6. The fourth-order valence-corrected chi connectivity index (χ4v) is 2.40. The van der Waals surface area contributed by atoms with Crippen LogP contribution in [-0.4, -0.2) is 32.8 Å². The fourth-order valence-electron chi connectivity index (χ4n) is 2.40. The van der Waals surface area contributed by atoms with Crippen LogP contribution in [0.2, 0.25) is 0 Å². The highest BCUT2D eigenvalue weighted by Gasteiger charge is 2.12. The van der Waals surface area contributed by atoms with Crippen molar-refractivity contribution in [3.05, 3.63) is 58.3 Å². The molecular formula is C17H22N4O4+2. The SMILES string of the molecule is CCC(CCNc1ccc([N+](=O)O)cc1)Nc1ccc([N+](=O)O)cc1. The van der Waals surface area contributed by atoms with Crippen molar-refractivity contribution in [3.8, 4) is 0 Å². The van der Waals surface area contributed by atoms with E-state index in [1.54, 1.807) is 36.4 Å². The van der Waals surface area contributed by atoms with E-state index in [9.17, 15) is 9.81 Å². The summed E-state index contributed by atoms with van der Waals surface area (Å²) in [5, 5.41) is 24.3. The standard InChI is InChI=1S/C17H22N4O4/c1-2-13(19-15-5-9-17(10-6-15)21(24)25)11-12-18-14-3-7-16(8-4-14)20(22)23/h3-10,13,18-19H,2,11-12H2,1H3,(H,22,23)(H,24,25)/q+2. The third kappa shape index (κ3) is 5.45. The summed E-state index contributed by atoms with van der Waals surface area (Å²) >= 11 is 0. The summed E-state index contributed by atoms with van der Waals surface area (Å²) in [4.78, 5) is 21.2. The van der Waals surface area contributed by atoms with Gasteiger partial charge in [-0.25, -0.2) is 10.4 Å². The van der Waals surface area contributed by atoms with Gasteiger partial charge in [0, 0.05) is 48.2 Å². The second-order valence-electron chi connectivity index (χ2n) is 5.60. The third-order valence-corrected chi connectivity index (χ3v) is 3.86. The Kier molecular flexibility index (Phi) is 6.27. The topological polar surface area (TPSA) is 105 Å². The van der Waals surface area contributed by atoms with Gasteiger partial charge in [0.2, 0.25) is 0 Å². The molecule has 0 aromatic heterocycles. The molecule has 132 valence electrons. The van der Waals surface area contributed by atoms with E-state index in [4.69, 9.17) is 10.4 Å². The van der Waals surface area contributed by atoms with Gasteiger partial charge in [0.05, 0.1) is 9.81 Å². The fraction of sp³-hybridized carbons (Fsp3) is 0.294. The Morgan fingerprint density at radius 3 is 1.80 bits per heavy atom. The van der Waals surface area contributed by atoms with Gasteiger partial charge in [0.1, 0.15) is 0 Å². The Labute approximate surface area is 145 Å². The zero-order valence-corrected chi connectivity index (χ0v) is 13.9. The summed E-state index contributed by atoms with van der Waals surface area (Å²) in [5.41, 5.74) is 2.11. The van der Waals surface area contributed by atoms with Crippen LogP contribution in [0.5, 0.6) is 0 Å². The summed E-state index contributed by atoms with van der Waals surface area (Å²) in [5.74, 6) is 0. The lowest BCUT2D eigenvalue weighted by atomic mass is 10.1. The zero-order valence-electron chi connectivity index (χ0n) is 13.9. The van der Waals surface area contributed by atoms with Gasteiger partial charge in [-0.3, -0.25) is 0 Å². The van der Waals surface area contributed by atoms with Gasteiger partial charge in [0.15, 0.2) is 0 Å². The molecule has 8 nitrogen and oxygen atoms in total. The monoisotopic (exact) mass is 346 g/mol. The van der Waals surface area contributed by atoms with Crippen LogP contribution in [0.4, 0.5) is 22.7 Å². The number of nitrogens with zero attached hydrogens (tertiary/aromatic N) is 2. The average Bonchev–Trinajstić information content (AvgIpc) is 2.61. The van der Waals surface area contributed by atoms with Crippen molar-refractivity contribution < 1.29 is 20.3 Å². The minimum atomic E-state index is -0.172. The van der Waals surface area contributed by atoms with E-state index in [-0.39, 0.29) is 27.3 Å². The maximum absolute atomic E-state index is 10.8. The van der Waals surface area contributed by atoms with Gasteiger partial charge in [-0.15, -0.1) is 0 Å². The largest absolute Gasteiger partial charge is 0.385 e. The zero-order chi connectivity index (χ0) is 18.2. The van der Waals surface area contributed by atoms with Crippen LogP contribution in [0, 0.1) is 9.81 Å². The van der Waals surface area contributed by atoms with Crippen LogP contribution in [-0.2, 0) is 0 Å². The molecule has 2 aromatic rings. The van der Waals surface area contributed by atoms with E-state index >= 15 is 0 Å². The summed E-state index contributed by atoms with van der Waals surface area (Å²) < 4.78 is 0. The van der Waals surface area contributed by atoms with Crippen LogP contribution in [0.25, 0.3) is 0 Å². The number of benzene rings is 2. The van der Waals surface area contributed by atoms with Crippen molar-refractivity contribution in [1.82, 2.24) is 0 Å². The van der Waals surface area contributed by atoms with Gasteiger partial charge >= 0.3 is 11.4 Å². The Bertz CT molecular complexity index is 716. The molecule has 0 saturated heterocycles. The van der Waals surface area contributed by atoms with E-state index in [0.717, 1.165) is 30.8 Å². The minimum absolute atomic E-state index is 0.168. The van der Waals surface area contributed by atoms with Gasteiger partial charge in [-0.05, 0) is 37.1 Å². The molecule has 0 bridgehead atoms. The first-order valence-electron chi connectivity index (χ1n) is 8.02. The van der Waals surface area contributed by atoms with Crippen molar-refractivity contribution in [1.29, 1.82) is 0 Å². The maximum Gasteiger partial charge on any atom is 0.316 e. The molecule has 0 aliphatic carbocycles. The van der Waals surface area contributed by atoms with E-state index in [0.29, 0.717) is 0 Å². The molecule has 0 heterocycles. The van der Waals surface area contributed by atoms with Crippen molar-refractivity contribution in [2.24, 2.45) is 0 Å². The summed E-state index contributed by atoms with van der Waals surface area (Å²) in [6.07, 6.45) is 1.78. The smallest absolute Gasteiger partial charge is 0.316 e. The van der Waals surface area contributed by atoms with Crippen LogP contribution < -0.4 is 10.6 Å². The first kappa shape index (κ1) is 18.2. The molecule has 0 aliphatic heterocycles. The molecule has 4 N–H and O–H groups in total. The highest BCUT2D eigenvalue weighted by Crippen LogP contribution is 2.18. The first-order valence-corrected chi connectivity index (χ1v) is 8.02. The van der Waals surface area contributed by atoms with E-state index in [1.165, 1.54) is 12.1 Å². The lowest BCUT2D eigenvalue weighted by Gasteiger charge is -2.18. The number of anilines is 2. The number of nitrogens with one attached hydrogen (secondary N) is 2. The van der Waals surface area contributed by atoms with Crippen molar-refractivity contribution in [3.63, 3.8) is 0 Å². The quantitative estimate of drug-likeness (QED) is 0.512. The normalized spacial score (nSPS) is 11.6. The average molecular weight is 346 g/mol. The Morgan fingerprint density at radius 1 is 0.880 bits per heavy atom. The molecule has 0 amide bonds. The molecule has 1 unspecified atom stereocenters. The molecule has 0 aliphatic rings. The first-order chi connectivity index (χ1) is 12.0. The maximum atomic E-state index is 10.8. The molecule has 0 saturated carbocycles. The predicted octanol–water partition coefficient (Wildman–Crippen LogP) is 3.98. The minimum Gasteiger partial charge on any atom is -0.385 e. The van der Waals surface area contributed by atoms with Gasteiger partial charge in [-0.1, -0.05) is 6.92 Å². The van der Waals surface area contributed by atoms with Crippen molar-refractivity contribution >= 4 is 22.7 Å². The molecule has 0 spiro atoms. The summed E-state index contributed by atoms with van der Waals surface area (Å²) in [6, 6.07) is 13.3. The molecule has 0 fully saturated rings. The van der Waals surface area contributed by atoms with Crippen LogP contribution in [0.15, 0.2) is 48.5 Å². The second kappa shape index (κ2) is 8.62. The van der Waals surface area contributed by atoms with Crippen molar-refractivity contribution in [2.45, 2.75) is 25.8 Å².